The molecular weight excluding hydrogens is 340 g/mol. The molecule has 0 aliphatic carbocycles. The summed E-state index contributed by atoms with van der Waals surface area (Å²) < 4.78 is 5.62. The lowest BCUT2D eigenvalue weighted by Crippen LogP contribution is -2.40. The van der Waals surface area contributed by atoms with E-state index in [1.54, 1.807) is 30.3 Å². The van der Waals surface area contributed by atoms with Gasteiger partial charge in [-0.15, -0.1) is 0 Å². The molecule has 0 spiro atoms. The van der Waals surface area contributed by atoms with Gasteiger partial charge in [-0.05, 0) is 55.2 Å². The zero-order valence-electron chi connectivity index (χ0n) is 16.0. The molecule has 0 aromatic heterocycles. The standard InChI is InChI=1S/C22H26N2O3/c1-16(2)14-15-27-20-11-9-19(10-12-20)22(26)24-23-21(25)13-8-18-6-4-17(3)5-7-18/h4-13,16H,14-15H2,1-3H3,(H,23,25)(H,24,26). The lowest BCUT2D eigenvalue weighted by molar-refractivity contribution is -0.117. The van der Waals surface area contributed by atoms with Crippen molar-refractivity contribution in [2.45, 2.75) is 27.2 Å². The van der Waals surface area contributed by atoms with Gasteiger partial charge in [0.25, 0.3) is 11.8 Å². The van der Waals surface area contributed by atoms with Gasteiger partial charge in [0.1, 0.15) is 5.75 Å². The molecule has 0 aliphatic heterocycles. The number of amides is 2. The fourth-order valence-electron chi connectivity index (χ4n) is 2.20. The number of carbonyl (C=O) groups excluding carboxylic acids is 2. The molecule has 2 rings (SSSR count). The summed E-state index contributed by atoms with van der Waals surface area (Å²) in [4.78, 5) is 23.9. The maximum absolute atomic E-state index is 12.1. The van der Waals surface area contributed by atoms with E-state index < -0.39 is 5.91 Å². The number of aryl methyl sites for hydroxylation is 1. The first kappa shape index (κ1) is 20.2. The molecule has 5 heteroatoms. The number of rotatable bonds is 7. The summed E-state index contributed by atoms with van der Waals surface area (Å²) in [5.41, 5.74) is 7.26. The molecular formula is C22H26N2O3. The minimum atomic E-state index is -0.405. The molecule has 0 radical (unpaired) electrons. The average molecular weight is 366 g/mol. The summed E-state index contributed by atoms with van der Waals surface area (Å²) in [5, 5.41) is 0. The maximum atomic E-state index is 12.1. The molecule has 0 saturated heterocycles. The van der Waals surface area contributed by atoms with Crippen molar-refractivity contribution in [3.8, 4) is 5.75 Å². The van der Waals surface area contributed by atoms with Crippen molar-refractivity contribution in [2.24, 2.45) is 5.92 Å². The predicted octanol–water partition coefficient (Wildman–Crippen LogP) is 3.89. The van der Waals surface area contributed by atoms with E-state index in [1.165, 1.54) is 6.08 Å². The Morgan fingerprint density at radius 3 is 2.30 bits per heavy atom. The SMILES string of the molecule is Cc1ccc(C=CC(=O)NNC(=O)c2ccc(OCCC(C)C)cc2)cc1. The summed E-state index contributed by atoms with van der Waals surface area (Å²) in [6.45, 7) is 6.93. The highest BCUT2D eigenvalue weighted by Crippen LogP contribution is 2.13. The zero-order valence-corrected chi connectivity index (χ0v) is 16.0. The Kier molecular flexibility index (Phi) is 7.62. The normalized spacial score (nSPS) is 10.8. The molecule has 2 aromatic carbocycles. The lowest BCUT2D eigenvalue weighted by Gasteiger charge is -2.09. The van der Waals surface area contributed by atoms with Crippen LogP contribution in [0.15, 0.2) is 54.6 Å². The Morgan fingerprint density at radius 1 is 1.00 bits per heavy atom. The summed E-state index contributed by atoms with van der Waals surface area (Å²) in [7, 11) is 0. The van der Waals surface area contributed by atoms with Gasteiger partial charge in [0.05, 0.1) is 6.61 Å². The second-order valence-corrected chi connectivity index (χ2v) is 6.74. The minimum Gasteiger partial charge on any atom is -0.494 e. The van der Waals surface area contributed by atoms with E-state index in [4.69, 9.17) is 4.74 Å². The Hall–Kier alpha value is -3.08. The maximum Gasteiger partial charge on any atom is 0.269 e. The van der Waals surface area contributed by atoms with Crippen LogP contribution in [0.4, 0.5) is 0 Å². The quantitative estimate of drug-likeness (QED) is 0.577. The molecule has 2 aromatic rings. The molecule has 0 bridgehead atoms. The molecule has 0 saturated carbocycles. The Labute approximate surface area is 160 Å². The molecule has 0 unspecified atom stereocenters. The van der Waals surface area contributed by atoms with Crippen molar-refractivity contribution < 1.29 is 14.3 Å². The van der Waals surface area contributed by atoms with E-state index in [9.17, 15) is 9.59 Å². The van der Waals surface area contributed by atoms with E-state index in [2.05, 4.69) is 24.7 Å². The van der Waals surface area contributed by atoms with E-state index in [-0.39, 0.29) is 5.91 Å². The van der Waals surface area contributed by atoms with Gasteiger partial charge in [-0.1, -0.05) is 43.7 Å². The van der Waals surface area contributed by atoms with Gasteiger partial charge in [0.2, 0.25) is 0 Å². The van der Waals surface area contributed by atoms with Crippen LogP contribution in [0, 0.1) is 12.8 Å². The van der Waals surface area contributed by atoms with Gasteiger partial charge in [-0.3, -0.25) is 20.4 Å². The van der Waals surface area contributed by atoms with E-state index in [1.807, 2.05) is 31.2 Å². The van der Waals surface area contributed by atoms with Gasteiger partial charge in [-0.25, -0.2) is 0 Å². The van der Waals surface area contributed by atoms with Crippen molar-refractivity contribution >= 4 is 17.9 Å². The fraction of sp³-hybridized carbons (Fsp3) is 0.273. The number of hydrazine groups is 1. The Morgan fingerprint density at radius 2 is 1.67 bits per heavy atom. The number of benzene rings is 2. The molecule has 142 valence electrons. The van der Waals surface area contributed by atoms with Crippen LogP contribution >= 0.6 is 0 Å². The number of hydrogen-bond donors (Lipinski definition) is 2. The lowest BCUT2D eigenvalue weighted by atomic mass is 10.1. The Balaban J connectivity index is 1.79. The van der Waals surface area contributed by atoms with Crippen molar-refractivity contribution in [3.05, 3.63) is 71.3 Å². The third-order valence-electron chi connectivity index (χ3n) is 3.88. The van der Waals surface area contributed by atoms with Crippen LogP contribution in [0.25, 0.3) is 6.08 Å². The van der Waals surface area contributed by atoms with E-state index in [0.717, 1.165) is 23.3 Å². The molecule has 0 heterocycles. The highest BCUT2D eigenvalue weighted by atomic mass is 16.5. The summed E-state index contributed by atoms with van der Waals surface area (Å²) in [5.74, 6) is 0.509. The molecule has 2 amide bonds. The minimum absolute atomic E-state index is 0.388. The average Bonchev–Trinajstić information content (AvgIpc) is 2.66. The van der Waals surface area contributed by atoms with Crippen LogP contribution in [0.3, 0.4) is 0 Å². The van der Waals surface area contributed by atoms with Crippen LogP contribution in [-0.4, -0.2) is 18.4 Å². The monoisotopic (exact) mass is 366 g/mol. The van der Waals surface area contributed by atoms with Crippen LogP contribution in [-0.2, 0) is 4.79 Å². The van der Waals surface area contributed by atoms with Gasteiger partial charge in [0.15, 0.2) is 0 Å². The van der Waals surface area contributed by atoms with Crippen molar-refractivity contribution in [3.63, 3.8) is 0 Å². The highest BCUT2D eigenvalue weighted by molar-refractivity contribution is 5.97. The van der Waals surface area contributed by atoms with Gasteiger partial charge in [-0.2, -0.15) is 0 Å². The third kappa shape index (κ3) is 7.36. The van der Waals surface area contributed by atoms with Crippen molar-refractivity contribution in [1.29, 1.82) is 0 Å². The second-order valence-electron chi connectivity index (χ2n) is 6.74. The smallest absolute Gasteiger partial charge is 0.269 e. The third-order valence-corrected chi connectivity index (χ3v) is 3.88. The van der Waals surface area contributed by atoms with Crippen LogP contribution in [0.1, 0.15) is 41.8 Å². The second kappa shape index (κ2) is 10.2. The summed E-state index contributed by atoms with van der Waals surface area (Å²) in [6.07, 6.45) is 4.03. The summed E-state index contributed by atoms with van der Waals surface area (Å²) >= 11 is 0. The van der Waals surface area contributed by atoms with Crippen LogP contribution in [0.5, 0.6) is 5.75 Å². The molecule has 0 atom stereocenters. The van der Waals surface area contributed by atoms with Gasteiger partial charge in [0, 0.05) is 11.6 Å². The zero-order chi connectivity index (χ0) is 19.6. The first-order chi connectivity index (χ1) is 12.9. The van der Waals surface area contributed by atoms with Crippen LogP contribution < -0.4 is 15.6 Å². The Bertz CT molecular complexity index is 778. The van der Waals surface area contributed by atoms with Crippen molar-refractivity contribution in [2.75, 3.05) is 6.61 Å². The van der Waals surface area contributed by atoms with Crippen molar-refractivity contribution in [1.82, 2.24) is 10.9 Å². The molecule has 0 fully saturated rings. The first-order valence-corrected chi connectivity index (χ1v) is 9.02. The number of nitrogens with one attached hydrogen (secondary N) is 2. The van der Waals surface area contributed by atoms with Gasteiger partial charge < -0.3 is 4.74 Å². The van der Waals surface area contributed by atoms with E-state index in [0.29, 0.717) is 18.1 Å². The number of ether oxygens (including phenoxy) is 1. The largest absolute Gasteiger partial charge is 0.494 e. The molecule has 0 aliphatic rings. The fourth-order valence-corrected chi connectivity index (χ4v) is 2.20. The van der Waals surface area contributed by atoms with E-state index >= 15 is 0 Å². The highest BCUT2D eigenvalue weighted by Gasteiger charge is 2.06. The van der Waals surface area contributed by atoms with Crippen LogP contribution in [0.2, 0.25) is 0 Å². The molecule has 5 nitrogen and oxygen atoms in total. The summed E-state index contributed by atoms with van der Waals surface area (Å²) in [6, 6.07) is 14.6. The topological polar surface area (TPSA) is 67.4 Å². The first-order valence-electron chi connectivity index (χ1n) is 9.02. The van der Waals surface area contributed by atoms with Gasteiger partial charge >= 0.3 is 0 Å². The number of carbonyl (C=O) groups is 2. The molecule has 27 heavy (non-hydrogen) atoms. The number of hydrogen-bond acceptors (Lipinski definition) is 3. The predicted molar refractivity (Wildman–Crippen MR) is 107 cm³/mol. The molecule has 2 N–H and O–H groups in total.